The molecule has 0 radical (unpaired) electrons. The summed E-state index contributed by atoms with van der Waals surface area (Å²) in [5.41, 5.74) is 5.02. The molecule has 2 aliphatic rings. The predicted octanol–water partition coefficient (Wildman–Crippen LogP) is 3.46. The van der Waals surface area contributed by atoms with Gasteiger partial charge in [-0.1, -0.05) is 6.07 Å². The number of benzene rings is 2. The molecular formula is C21H25NO4. The van der Waals surface area contributed by atoms with E-state index in [2.05, 4.69) is 11.0 Å². The Kier molecular flexibility index (Phi) is 4.41. The van der Waals surface area contributed by atoms with Crippen LogP contribution in [0.4, 0.5) is 0 Å². The van der Waals surface area contributed by atoms with Crippen molar-refractivity contribution in [2.75, 3.05) is 27.9 Å². The maximum atomic E-state index is 10.3. The normalized spacial score (nSPS) is 19.0. The van der Waals surface area contributed by atoms with Crippen LogP contribution in [0, 0.1) is 0 Å². The van der Waals surface area contributed by atoms with E-state index in [9.17, 15) is 5.11 Å². The summed E-state index contributed by atoms with van der Waals surface area (Å²) in [6.45, 7) is 1.80. The predicted molar refractivity (Wildman–Crippen MR) is 99.4 cm³/mol. The number of nitrogens with zero attached hydrogens (tertiary/aromatic N) is 1. The Morgan fingerprint density at radius 1 is 0.962 bits per heavy atom. The number of phenolic OH excluding ortho intramolecular Hbond substituents is 1. The van der Waals surface area contributed by atoms with Gasteiger partial charge in [0.2, 0.25) is 0 Å². The summed E-state index contributed by atoms with van der Waals surface area (Å²) in [6, 6.07) is 8.31. The minimum absolute atomic E-state index is 0.217. The summed E-state index contributed by atoms with van der Waals surface area (Å²) in [5, 5.41) is 10.3. The van der Waals surface area contributed by atoms with Crippen LogP contribution >= 0.6 is 0 Å². The highest BCUT2D eigenvalue weighted by Gasteiger charge is 2.32. The third kappa shape index (κ3) is 2.67. The molecule has 0 unspecified atom stereocenters. The second-order valence-electron chi connectivity index (χ2n) is 6.94. The molecule has 0 aromatic heterocycles. The number of hydrogen-bond donors (Lipinski definition) is 1. The number of aromatic hydroxyl groups is 1. The van der Waals surface area contributed by atoms with Crippen LogP contribution in [0.3, 0.4) is 0 Å². The second-order valence-corrected chi connectivity index (χ2v) is 6.94. The van der Waals surface area contributed by atoms with E-state index >= 15 is 0 Å². The van der Waals surface area contributed by atoms with Crippen LogP contribution in [0.5, 0.6) is 23.0 Å². The van der Waals surface area contributed by atoms with Crippen LogP contribution in [-0.2, 0) is 19.4 Å². The summed E-state index contributed by atoms with van der Waals surface area (Å²) in [7, 11) is 4.98. The van der Waals surface area contributed by atoms with Crippen molar-refractivity contribution in [1.82, 2.24) is 4.90 Å². The molecule has 0 aliphatic carbocycles. The molecule has 0 spiro atoms. The van der Waals surface area contributed by atoms with E-state index in [-0.39, 0.29) is 5.75 Å². The summed E-state index contributed by atoms with van der Waals surface area (Å²) < 4.78 is 16.5. The smallest absolute Gasteiger partial charge is 0.165 e. The molecule has 4 rings (SSSR count). The van der Waals surface area contributed by atoms with Gasteiger partial charge in [-0.3, -0.25) is 4.90 Å². The number of fused-ring (bicyclic) bond motifs is 4. The number of aryl methyl sites for hydroxylation is 1. The zero-order valence-electron chi connectivity index (χ0n) is 15.5. The Morgan fingerprint density at radius 3 is 2.50 bits per heavy atom. The molecule has 0 fully saturated rings. The lowest BCUT2D eigenvalue weighted by Gasteiger charge is -2.36. The van der Waals surface area contributed by atoms with Crippen LogP contribution in [-0.4, -0.2) is 37.9 Å². The van der Waals surface area contributed by atoms with Crippen molar-refractivity contribution in [3.05, 3.63) is 46.5 Å². The number of hydrogen-bond acceptors (Lipinski definition) is 5. The molecule has 2 aliphatic heterocycles. The molecule has 26 heavy (non-hydrogen) atoms. The standard InChI is InChI=1S/C21H25NO4/c1-24-19-7-5-13-4-6-17-15-11-18(23)20(25-2)10-14(15)8-9-22(17)12-16(13)21(19)26-3/h5,7,10-11,17,23H,4,6,8-9,12H2,1-3H3/t17-/m0/s1. The molecule has 0 bridgehead atoms. The van der Waals surface area contributed by atoms with E-state index in [0.717, 1.165) is 43.9 Å². The number of ether oxygens (including phenoxy) is 3. The van der Waals surface area contributed by atoms with Gasteiger partial charge in [-0.2, -0.15) is 0 Å². The van der Waals surface area contributed by atoms with Gasteiger partial charge in [-0.15, -0.1) is 0 Å². The van der Waals surface area contributed by atoms with Gasteiger partial charge in [0.15, 0.2) is 23.0 Å². The lowest BCUT2D eigenvalue weighted by molar-refractivity contribution is 0.171. The van der Waals surface area contributed by atoms with Crippen LogP contribution in [0.1, 0.15) is 34.7 Å². The molecule has 138 valence electrons. The van der Waals surface area contributed by atoms with Crippen molar-refractivity contribution in [2.45, 2.75) is 31.8 Å². The average molecular weight is 355 g/mol. The zero-order chi connectivity index (χ0) is 18.3. The zero-order valence-corrected chi connectivity index (χ0v) is 15.5. The summed E-state index contributed by atoms with van der Waals surface area (Å²) in [4.78, 5) is 2.49. The molecule has 1 N–H and O–H groups in total. The molecule has 5 heteroatoms. The molecular weight excluding hydrogens is 330 g/mol. The van der Waals surface area contributed by atoms with Crippen LogP contribution in [0.15, 0.2) is 24.3 Å². The monoisotopic (exact) mass is 355 g/mol. The quantitative estimate of drug-likeness (QED) is 0.914. The van der Waals surface area contributed by atoms with Gasteiger partial charge in [0.25, 0.3) is 0 Å². The Bertz CT molecular complexity index is 833. The molecule has 2 aromatic carbocycles. The van der Waals surface area contributed by atoms with Crippen LogP contribution in [0.2, 0.25) is 0 Å². The van der Waals surface area contributed by atoms with Gasteiger partial charge in [0.1, 0.15) is 0 Å². The van der Waals surface area contributed by atoms with E-state index in [4.69, 9.17) is 14.2 Å². The Balaban J connectivity index is 1.74. The SMILES string of the molecule is COc1cc2c(cc1O)[C@@H]1CCc3ccc(OC)c(OC)c3CN1CC2. The van der Waals surface area contributed by atoms with Gasteiger partial charge in [-0.25, -0.2) is 0 Å². The Morgan fingerprint density at radius 2 is 1.77 bits per heavy atom. The molecule has 0 saturated heterocycles. The van der Waals surface area contributed by atoms with E-state index in [1.54, 1.807) is 21.3 Å². The largest absolute Gasteiger partial charge is 0.504 e. The van der Waals surface area contributed by atoms with Gasteiger partial charge in [0.05, 0.1) is 21.3 Å². The maximum absolute atomic E-state index is 10.3. The second kappa shape index (κ2) is 6.72. The minimum atomic E-state index is 0.217. The molecule has 0 saturated carbocycles. The number of phenols is 1. The summed E-state index contributed by atoms with van der Waals surface area (Å²) >= 11 is 0. The van der Waals surface area contributed by atoms with Crippen molar-refractivity contribution in [3.63, 3.8) is 0 Å². The van der Waals surface area contributed by atoms with Gasteiger partial charge >= 0.3 is 0 Å². The summed E-state index contributed by atoms with van der Waals surface area (Å²) in [6.07, 6.45) is 2.94. The highest BCUT2D eigenvalue weighted by atomic mass is 16.5. The van der Waals surface area contributed by atoms with Crippen molar-refractivity contribution in [2.24, 2.45) is 0 Å². The van der Waals surface area contributed by atoms with E-state index in [0.29, 0.717) is 11.8 Å². The average Bonchev–Trinajstić information content (AvgIpc) is 2.86. The van der Waals surface area contributed by atoms with Crippen LogP contribution in [0.25, 0.3) is 0 Å². The lowest BCUT2D eigenvalue weighted by atomic mass is 9.89. The van der Waals surface area contributed by atoms with Gasteiger partial charge in [0, 0.05) is 24.7 Å². The molecule has 0 amide bonds. The molecule has 2 heterocycles. The van der Waals surface area contributed by atoms with Crippen molar-refractivity contribution in [1.29, 1.82) is 0 Å². The van der Waals surface area contributed by atoms with E-state index in [1.807, 2.05) is 18.2 Å². The highest BCUT2D eigenvalue weighted by molar-refractivity contribution is 5.53. The highest BCUT2D eigenvalue weighted by Crippen LogP contribution is 2.44. The lowest BCUT2D eigenvalue weighted by Crippen LogP contribution is -2.34. The number of rotatable bonds is 3. The Labute approximate surface area is 154 Å². The van der Waals surface area contributed by atoms with Gasteiger partial charge in [-0.05, 0) is 54.2 Å². The fourth-order valence-electron chi connectivity index (χ4n) is 4.40. The first kappa shape index (κ1) is 17.0. The summed E-state index contributed by atoms with van der Waals surface area (Å²) in [5.74, 6) is 2.40. The fourth-order valence-corrected chi connectivity index (χ4v) is 4.40. The maximum Gasteiger partial charge on any atom is 0.165 e. The van der Waals surface area contributed by atoms with Crippen LogP contribution < -0.4 is 14.2 Å². The molecule has 1 atom stereocenters. The van der Waals surface area contributed by atoms with Crippen molar-refractivity contribution >= 4 is 0 Å². The van der Waals surface area contributed by atoms with Crippen molar-refractivity contribution < 1.29 is 19.3 Å². The first-order valence-corrected chi connectivity index (χ1v) is 9.02. The van der Waals surface area contributed by atoms with E-state index < -0.39 is 0 Å². The number of methoxy groups -OCH3 is 3. The minimum Gasteiger partial charge on any atom is -0.504 e. The van der Waals surface area contributed by atoms with Gasteiger partial charge < -0.3 is 19.3 Å². The molecule has 2 aromatic rings. The first-order valence-electron chi connectivity index (χ1n) is 9.02. The first-order chi connectivity index (χ1) is 12.7. The van der Waals surface area contributed by atoms with E-state index in [1.165, 1.54) is 22.3 Å². The fraction of sp³-hybridized carbons (Fsp3) is 0.429. The molecule has 5 nitrogen and oxygen atoms in total. The third-order valence-corrected chi connectivity index (χ3v) is 5.70. The van der Waals surface area contributed by atoms with Crippen molar-refractivity contribution in [3.8, 4) is 23.0 Å². The topological polar surface area (TPSA) is 51.2 Å². The Hall–Kier alpha value is -2.40. The third-order valence-electron chi connectivity index (χ3n) is 5.70.